The predicted molar refractivity (Wildman–Crippen MR) is 132 cm³/mol. The quantitative estimate of drug-likeness (QED) is 0.287. The van der Waals surface area contributed by atoms with Crippen molar-refractivity contribution in [1.29, 1.82) is 0 Å². The van der Waals surface area contributed by atoms with E-state index in [1.807, 2.05) is 34.1 Å². The van der Waals surface area contributed by atoms with Crippen molar-refractivity contribution < 1.29 is 19.2 Å². The van der Waals surface area contributed by atoms with Crippen molar-refractivity contribution in [2.45, 2.75) is 79.1 Å². The molecule has 0 atom stereocenters. The molecule has 0 spiro atoms. The standard InChI is InChI=1S/C29H35O4/c1-5-9-26(30)22-14-20(15-23(18-22)27(31)10-6-2)13-21-16-24(28(32)11-7-3)19-25(17-21)29(33)12-8-4/h13-19H,5-12H2,1-4H3. The third-order valence-electron chi connectivity index (χ3n) is 5.44. The Hall–Kier alpha value is -2.88. The van der Waals surface area contributed by atoms with E-state index in [2.05, 4.69) is 0 Å². The number of benzene rings is 2. The number of hydrogen-bond acceptors (Lipinski definition) is 4. The van der Waals surface area contributed by atoms with Gasteiger partial charge in [-0.25, -0.2) is 0 Å². The maximum Gasteiger partial charge on any atom is 0.162 e. The first-order valence-electron chi connectivity index (χ1n) is 12.1. The summed E-state index contributed by atoms with van der Waals surface area (Å²) >= 11 is 0. The average Bonchev–Trinajstić information content (AvgIpc) is 2.79. The van der Waals surface area contributed by atoms with Crippen molar-refractivity contribution in [3.05, 3.63) is 76.2 Å². The molecule has 0 aromatic heterocycles. The van der Waals surface area contributed by atoms with E-state index in [4.69, 9.17) is 0 Å². The lowest BCUT2D eigenvalue weighted by atomic mass is 9.91. The van der Waals surface area contributed by atoms with Gasteiger partial charge in [0.15, 0.2) is 23.1 Å². The second kappa shape index (κ2) is 13.0. The highest BCUT2D eigenvalue weighted by Crippen LogP contribution is 2.23. The fourth-order valence-electron chi connectivity index (χ4n) is 3.79. The minimum absolute atomic E-state index is 0.00369. The molecule has 0 amide bonds. The molecule has 2 aromatic rings. The summed E-state index contributed by atoms with van der Waals surface area (Å²) in [4.78, 5) is 50.4. The van der Waals surface area contributed by atoms with Crippen molar-refractivity contribution in [3.8, 4) is 0 Å². The highest BCUT2D eigenvalue weighted by Gasteiger charge is 2.16. The van der Waals surface area contributed by atoms with Gasteiger partial charge >= 0.3 is 0 Å². The van der Waals surface area contributed by atoms with Crippen LogP contribution in [0.25, 0.3) is 0 Å². The fraction of sp³-hybridized carbons (Fsp3) is 0.414. The average molecular weight is 448 g/mol. The van der Waals surface area contributed by atoms with E-state index in [1.165, 1.54) is 0 Å². The topological polar surface area (TPSA) is 68.3 Å². The second-order valence-corrected chi connectivity index (χ2v) is 8.52. The van der Waals surface area contributed by atoms with Crippen molar-refractivity contribution in [2.24, 2.45) is 0 Å². The van der Waals surface area contributed by atoms with Gasteiger partial charge in [-0.3, -0.25) is 19.2 Å². The Kier molecular flexibility index (Phi) is 10.4. The van der Waals surface area contributed by atoms with Crippen molar-refractivity contribution >= 4 is 23.1 Å². The summed E-state index contributed by atoms with van der Waals surface area (Å²) in [6, 6.07) is 10.5. The molecular formula is C29H35O4. The molecule has 0 saturated heterocycles. The fourth-order valence-corrected chi connectivity index (χ4v) is 3.79. The Bertz CT molecular complexity index is 862. The minimum atomic E-state index is 0.00369. The SMILES string of the molecule is CCCC(=O)c1cc([CH]c2cc(C(=O)CCC)cc(C(=O)CCC)c2)cc(C(=O)CCC)c1. The smallest absolute Gasteiger partial charge is 0.162 e. The van der Waals surface area contributed by atoms with Crippen LogP contribution >= 0.6 is 0 Å². The third kappa shape index (κ3) is 7.59. The van der Waals surface area contributed by atoms with Crippen molar-refractivity contribution in [3.63, 3.8) is 0 Å². The molecule has 0 saturated carbocycles. The Labute approximate surface area is 197 Å². The first-order chi connectivity index (χ1) is 15.8. The van der Waals surface area contributed by atoms with Gasteiger partial charge in [-0.2, -0.15) is 0 Å². The Balaban J connectivity index is 2.52. The van der Waals surface area contributed by atoms with Crippen LogP contribution in [-0.4, -0.2) is 23.1 Å². The van der Waals surface area contributed by atoms with E-state index in [0.717, 1.165) is 25.7 Å². The van der Waals surface area contributed by atoms with Gasteiger partial charge in [0, 0.05) is 54.4 Å². The van der Waals surface area contributed by atoms with E-state index in [0.29, 0.717) is 59.1 Å². The second-order valence-electron chi connectivity index (χ2n) is 8.52. The van der Waals surface area contributed by atoms with E-state index in [1.54, 1.807) is 36.4 Å². The van der Waals surface area contributed by atoms with Crippen LogP contribution < -0.4 is 0 Å². The molecule has 175 valence electrons. The molecule has 4 heteroatoms. The molecule has 0 bridgehead atoms. The highest BCUT2D eigenvalue weighted by atomic mass is 16.1. The van der Waals surface area contributed by atoms with Gasteiger partial charge in [0.2, 0.25) is 0 Å². The monoisotopic (exact) mass is 447 g/mol. The van der Waals surface area contributed by atoms with Gasteiger partial charge in [0.1, 0.15) is 0 Å². The highest BCUT2D eigenvalue weighted by molar-refractivity contribution is 6.03. The maximum atomic E-state index is 12.6. The molecule has 0 heterocycles. The zero-order valence-electron chi connectivity index (χ0n) is 20.3. The van der Waals surface area contributed by atoms with Gasteiger partial charge in [-0.05, 0) is 73.2 Å². The normalized spacial score (nSPS) is 10.8. The summed E-state index contributed by atoms with van der Waals surface area (Å²) in [6.45, 7) is 7.80. The van der Waals surface area contributed by atoms with Crippen LogP contribution in [0.2, 0.25) is 0 Å². The molecule has 0 aliphatic carbocycles. The lowest BCUT2D eigenvalue weighted by Gasteiger charge is -2.11. The molecule has 1 radical (unpaired) electrons. The summed E-state index contributed by atoms with van der Waals surface area (Å²) in [7, 11) is 0. The van der Waals surface area contributed by atoms with Crippen LogP contribution in [0.1, 0.15) is 132 Å². The van der Waals surface area contributed by atoms with E-state index < -0.39 is 0 Å². The van der Waals surface area contributed by atoms with E-state index >= 15 is 0 Å². The molecule has 0 fully saturated rings. The molecule has 4 nitrogen and oxygen atoms in total. The maximum absolute atomic E-state index is 12.6. The molecule has 2 rings (SSSR count). The van der Waals surface area contributed by atoms with Gasteiger partial charge in [-0.1, -0.05) is 27.7 Å². The first-order valence-corrected chi connectivity index (χ1v) is 12.1. The first kappa shape index (κ1) is 26.4. The number of hydrogen-bond donors (Lipinski definition) is 0. The Morgan fingerprint density at radius 1 is 0.485 bits per heavy atom. The molecule has 0 N–H and O–H groups in total. The van der Waals surface area contributed by atoms with Gasteiger partial charge in [-0.15, -0.1) is 0 Å². The molecular weight excluding hydrogens is 412 g/mol. The molecule has 0 aliphatic heterocycles. The van der Waals surface area contributed by atoms with Crippen LogP contribution in [0, 0.1) is 6.42 Å². The lowest BCUT2D eigenvalue weighted by Crippen LogP contribution is -2.07. The summed E-state index contributed by atoms with van der Waals surface area (Å²) in [6.07, 6.45) is 6.44. The van der Waals surface area contributed by atoms with Gasteiger partial charge in [0.05, 0.1) is 0 Å². The van der Waals surface area contributed by atoms with Crippen LogP contribution in [0.3, 0.4) is 0 Å². The van der Waals surface area contributed by atoms with Crippen molar-refractivity contribution in [1.82, 2.24) is 0 Å². The summed E-state index contributed by atoms with van der Waals surface area (Å²) in [5.74, 6) is 0.0148. The number of ketones is 4. The van der Waals surface area contributed by atoms with Crippen molar-refractivity contribution in [2.75, 3.05) is 0 Å². The molecule has 33 heavy (non-hydrogen) atoms. The Morgan fingerprint density at radius 3 is 0.939 bits per heavy atom. The predicted octanol–water partition coefficient (Wildman–Crippen LogP) is 7.22. The van der Waals surface area contributed by atoms with Crippen LogP contribution in [0.5, 0.6) is 0 Å². The number of carbonyl (C=O) groups is 4. The largest absolute Gasteiger partial charge is 0.294 e. The zero-order valence-corrected chi connectivity index (χ0v) is 20.3. The summed E-state index contributed by atoms with van der Waals surface area (Å²) < 4.78 is 0. The number of carbonyl (C=O) groups excluding carboxylic acids is 4. The molecule has 0 unspecified atom stereocenters. The number of Topliss-reactive ketones (excluding diaryl/α,β-unsaturated/α-hetero) is 4. The summed E-state index contributed by atoms with van der Waals surface area (Å²) in [5.41, 5.74) is 3.50. The van der Waals surface area contributed by atoms with E-state index in [-0.39, 0.29) is 23.1 Å². The lowest BCUT2D eigenvalue weighted by molar-refractivity contribution is 0.0966. The van der Waals surface area contributed by atoms with Crippen LogP contribution in [-0.2, 0) is 0 Å². The summed E-state index contributed by atoms with van der Waals surface area (Å²) in [5, 5.41) is 0. The van der Waals surface area contributed by atoms with Gasteiger partial charge in [0.25, 0.3) is 0 Å². The third-order valence-corrected chi connectivity index (χ3v) is 5.44. The Morgan fingerprint density at radius 2 is 0.727 bits per heavy atom. The molecule has 2 aromatic carbocycles. The van der Waals surface area contributed by atoms with Crippen LogP contribution in [0.4, 0.5) is 0 Å². The number of rotatable bonds is 14. The minimum Gasteiger partial charge on any atom is -0.294 e. The van der Waals surface area contributed by atoms with Gasteiger partial charge < -0.3 is 0 Å². The van der Waals surface area contributed by atoms with Crippen LogP contribution in [0.15, 0.2) is 36.4 Å². The molecule has 0 aliphatic rings. The zero-order chi connectivity index (χ0) is 24.4. The van der Waals surface area contributed by atoms with E-state index in [9.17, 15) is 19.2 Å².